The molecule has 0 aliphatic carbocycles. The highest BCUT2D eigenvalue weighted by atomic mass is 15.1. The van der Waals surface area contributed by atoms with E-state index in [1.54, 1.807) is 0 Å². The van der Waals surface area contributed by atoms with E-state index >= 15 is 0 Å². The highest BCUT2D eigenvalue weighted by Crippen LogP contribution is 2.51. The maximum atomic E-state index is 2.49. The minimum atomic E-state index is 1.11. The van der Waals surface area contributed by atoms with Gasteiger partial charge in [-0.3, -0.25) is 0 Å². The molecule has 20 aromatic carbocycles. The Kier molecular flexibility index (Phi) is 15.5. The Bertz CT molecular complexity index is 7240. The maximum Gasteiger partial charge on any atom is 0.0626 e. The van der Waals surface area contributed by atoms with Crippen LogP contribution in [0.5, 0.6) is 0 Å². The third-order valence-corrected chi connectivity index (χ3v) is 22.4. The van der Waals surface area contributed by atoms with E-state index < -0.39 is 0 Å². The van der Waals surface area contributed by atoms with Crippen molar-refractivity contribution in [2.75, 3.05) is 9.80 Å². The quantitative estimate of drug-likeness (QED) is 0.120. The smallest absolute Gasteiger partial charge is 0.0626 e. The van der Waals surface area contributed by atoms with Gasteiger partial charge in [0.2, 0.25) is 0 Å². The second-order valence-corrected chi connectivity index (χ2v) is 28.6. The molecular weight excluding hydrogens is 1330 g/mol. The van der Waals surface area contributed by atoms with Crippen LogP contribution in [0.3, 0.4) is 0 Å². The Morgan fingerprint density at radius 3 is 0.909 bits per heavy atom. The van der Waals surface area contributed by atoms with Gasteiger partial charge in [0.1, 0.15) is 0 Å². The number of fused-ring (bicyclic) bond motifs is 21. The molecule has 0 aliphatic heterocycles. The van der Waals surface area contributed by atoms with Crippen LogP contribution in [0.4, 0.5) is 34.1 Å². The topological polar surface area (TPSA) is 16.3 Å². The predicted octanol–water partition coefficient (Wildman–Crippen LogP) is 29.6. The lowest BCUT2D eigenvalue weighted by atomic mass is 9.88. The van der Waals surface area contributed by atoms with E-state index in [1.807, 2.05) is 0 Å². The van der Waals surface area contributed by atoms with Gasteiger partial charge in [-0.05, 0) is 209 Å². The molecule has 0 radical (unpaired) electrons. The van der Waals surface area contributed by atoms with Crippen LogP contribution < -0.4 is 9.80 Å². The van der Waals surface area contributed by atoms with Crippen molar-refractivity contribution in [1.29, 1.82) is 0 Å². The molecule has 0 saturated carbocycles. The second-order valence-electron chi connectivity index (χ2n) is 28.6. The van der Waals surface area contributed by atoms with E-state index in [1.165, 1.54) is 164 Å². The van der Waals surface area contributed by atoms with Crippen molar-refractivity contribution >= 4 is 153 Å². The van der Waals surface area contributed by atoms with Gasteiger partial charge in [0.25, 0.3) is 0 Å². The first-order chi connectivity index (χ1) is 54.6. The highest BCUT2D eigenvalue weighted by Gasteiger charge is 2.26. The Morgan fingerprint density at radius 2 is 0.473 bits per heavy atom. The molecule has 0 N–H and O–H groups in total. The summed E-state index contributed by atoms with van der Waals surface area (Å²) < 4.78 is 4.95. The molecule has 0 fully saturated rings. The van der Waals surface area contributed by atoms with E-state index in [0.717, 1.165) is 34.1 Å². The standard InChI is InChI=1S/C58H38N2.C48H32N2/c1-3-15-39(16-4-1)41-27-32-45(33-28-41)59(44-19-5-2-6-20-44)46-34-30-42(31-35-46)53-38-54-49-22-10-12-24-51(49)58-57(56(54)50-23-11-9-21-48(50)53)52-25-13-14-26-55(52)60(58)47-36-29-40-17-7-8-18-43(40)37-47;1-4-16-34(17-5-1)49(35-18-6-2-7-19-35)37-30-28-33(29-31-37)43-32-44-39-23-11-13-25-41(39)48-47(46(44)40-24-12-10-22-38(40)43)42-26-14-15-27-45(42)50(48)36-20-8-3-9-21-36/h1-38H;1-32H. The molecule has 22 rings (SSSR count). The van der Waals surface area contributed by atoms with E-state index in [4.69, 9.17) is 0 Å². The molecule has 0 atom stereocenters. The summed E-state index contributed by atoms with van der Waals surface area (Å²) in [4.78, 5) is 4.65. The van der Waals surface area contributed by atoms with E-state index in [-0.39, 0.29) is 0 Å². The fraction of sp³-hybridized carbons (Fsp3) is 0. The summed E-state index contributed by atoms with van der Waals surface area (Å²) in [6, 6.07) is 154. The summed E-state index contributed by atoms with van der Waals surface area (Å²) >= 11 is 0. The van der Waals surface area contributed by atoms with Gasteiger partial charge in [0, 0.05) is 88.6 Å². The zero-order valence-electron chi connectivity index (χ0n) is 60.2. The van der Waals surface area contributed by atoms with Gasteiger partial charge in [0.05, 0.1) is 22.1 Å². The Hall–Kier alpha value is -14.6. The molecule has 2 aromatic heterocycles. The van der Waals surface area contributed by atoms with Crippen LogP contribution in [0.25, 0.3) is 164 Å². The fourth-order valence-corrected chi connectivity index (χ4v) is 17.6. The molecule has 514 valence electrons. The molecule has 0 aliphatic rings. The second kappa shape index (κ2) is 26.8. The number of nitrogens with zero attached hydrogens (tertiary/aromatic N) is 4. The summed E-state index contributed by atoms with van der Waals surface area (Å²) in [6.07, 6.45) is 0. The van der Waals surface area contributed by atoms with Crippen LogP contribution >= 0.6 is 0 Å². The van der Waals surface area contributed by atoms with Crippen molar-refractivity contribution in [3.05, 3.63) is 425 Å². The maximum absolute atomic E-state index is 2.49. The Balaban J connectivity index is 0.000000142. The van der Waals surface area contributed by atoms with Crippen molar-refractivity contribution < 1.29 is 0 Å². The van der Waals surface area contributed by atoms with Crippen LogP contribution in [0.1, 0.15) is 0 Å². The molecule has 0 amide bonds. The molecule has 110 heavy (non-hydrogen) atoms. The van der Waals surface area contributed by atoms with Crippen molar-refractivity contribution in [3.8, 4) is 44.8 Å². The van der Waals surface area contributed by atoms with E-state index in [2.05, 4.69) is 444 Å². The molecule has 0 saturated heterocycles. The molecule has 4 nitrogen and oxygen atoms in total. The summed E-state index contributed by atoms with van der Waals surface area (Å²) in [6.45, 7) is 0. The average Bonchev–Trinajstić information content (AvgIpc) is 1.49. The predicted molar refractivity (Wildman–Crippen MR) is 470 cm³/mol. The minimum absolute atomic E-state index is 1.11. The lowest BCUT2D eigenvalue weighted by Crippen LogP contribution is -2.09. The summed E-state index contributed by atoms with van der Waals surface area (Å²) in [5, 5.41) is 22.8. The number of anilines is 6. The lowest BCUT2D eigenvalue weighted by Gasteiger charge is -2.26. The molecular formula is C106H70N4. The average molecular weight is 1400 g/mol. The zero-order valence-corrected chi connectivity index (χ0v) is 60.2. The number of para-hydroxylation sites is 6. The third kappa shape index (κ3) is 10.7. The molecule has 22 aromatic rings. The first-order valence-electron chi connectivity index (χ1n) is 37.9. The van der Waals surface area contributed by atoms with Gasteiger partial charge in [-0.1, -0.05) is 303 Å². The largest absolute Gasteiger partial charge is 0.311 e. The monoisotopic (exact) mass is 1400 g/mol. The molecule has 4 heteroatoms. The number of hydrogen-bond acceptors (Lipinski definition) is 2. The molecule has 0 bridgehead atoms. The number of benzene rings is 20. The van der Waals surface area contributed by atoms with Crippen LogP contribution in [0, 0.1) is 0 Å². The van der Waals surface area contributed by atoms with E-state index in [0.29, 0.717) is 0 Å². The number of hydrogen-bond donors (Lipinski definition) is 0. The first kappa shape index (κ1) is 63.9. The summed E-state index contributed by atoms with van der Waals surface area (Å²) in [5.74, 6) is 0. The molecule has 2 heterocycles. The Morgan fingerprint density at radius 1 is 0.164 bits per heavy atom. The van der Waals surface area contributed by atoms with Crippen LogP contribution in [-0.4, -0.2) is 9.13 Å². The van der Waals surface area contributed by atoms with Gasteiger partial charge in [0.15, 0.2) is 0 Å². The third-order valence-electron chi connectivity index (χ3n) is 22.4. The van der Waals surface area contributed by atoms with Crippen molar-refractivity contribution in [1.82, 2.24) is 9.13 Å². The number of aromatic nitrogens is 2. The van der Waals surface area contributed by atoms with Gasteiger partial charge in [-0.15, -0.1) is 0 Å². The van der Waals surface area contributed by atoms with Gasteiger partial charge in [-0.25, -0.2) is 0 Å². The van der Waals surface area contributed by atoms with Crippen molar-refractivity contribution in [2.24, 2.45) is 0 Å². The zero-order chi connectivity index (χ0) is 72.6. The normalized spacial score (nSPS) is 11.6. The fourth-order valence-electron chi connectivity index (χ4n) is 17.6. The highest BCUT2D eigenvalue weighted by molar-refractivity contribution is 6.40. The SMILES string of the molecule is c1ccc(-c2ccc(N(c3ccccc3)c3ccc(-c4cc5c6ccccc6c6c(c7ccccc7n6-c6ccc7ccccc7c6)c5c5ccccc45)cc3)cc2)cc1.c1ccc(N(c2ccccc2)c2ccc(-c3cc4c5ccccc5c5c(c6ccccc6n5-c5ccccc5)c4c4ccccc34)cc2)cc1. The van der Waals surface area contributed by atoms with Gasteiger partial charge >= 0.3 is 0 Å². The molecule has 0 unspecified atom stereocenters. The van der Waals surface area contributed by atoms with E-state index in [9.17, 15) is 0 Å². The first-order valence-corrected chi connectivity index (χ1v) is 37.9. The Labute approximate surface area is 637 Å². The summed E-state index contributed by atoms with van der Waals surface area (Å²) in [5.41, 5.74) is 21.3. The number of rotatable bonds is 11. The lowest BCUT2D eigenvalue weighted by molar-refractivity contribution is 1.19. The summed E-state index contributed by atoms with van der Waals surface area (Å²) in [7, 11) is 0. The van der Waals surface area contributed by atoms with Gasteiger partial charge < -0.3 is 18.9 Å². The van der Waals surface area contributed by atoms with Crippen LogP contribution in [0.2, 0.25) is 0 Å². The van der Waals surface area contributed by atoms with Crippen molar-refractivity contribution in [3.63, 3.8) is 0 Å². The van der Waals surface area contributed by atoms with Gasteiger partial charge in [-0.2, -0.15) is 0 Å². The minimum Gasteiger partial charge on any atom is -0.311 e. The molecule has 0 spiro atoms. The van der Waals surface area contributed by atoms with Crippen LogP contribution in [-0.2, 0) is 0 Å². The van der Waals surface area contributed by atoms with Crippen LogP contribution in [0.15, 0.2) is 425 Å². The van der Waals surface area contributed by atoms with Crippen molar-refractivity contribution in [2.45, 2.75) is 0 Å².